The zero-order valence-electron chi connectivity index (χ0n) is 8.89. The minimum absolute atomic E-state index is 0.0660. The van der Waals surface area contributed by atoms with Crippen molar-refractivity contribution in [2.75, 3.05) is 13.1 Å². The fraction of sp³-hybridized carbons (Fsp3) is 0.417. The van der Waals surface area contributed by atoms with Crippen LogP contribution in [0.2, 0.25) is 0 Å². The molecule has 0 spiro atoms. The molecule has 1 aromatic carbocycles. The summed E-state index contributed by atoms with van der Waals surface area (Å²) in [5.41, 5.74) is 7.28. The highest BCUT2D eigenvalue weighted by Gasteiger charge is 2.32. The van der Waals surface area contributed by atoms with Crippen LogP contribution in [-0.2, 0) is 4.79 Å². The van der Waals surface area contributed by atoms with Crippen LogP contribution in [0.1, 0.15) is 18.4 Å². The number of nitrogens with zero attached hydrogens (tertiary/aromatic N) is 1. The summed E-state index contributed by atoms with van der Waals surface area (Å²) in [7, 11) is 0. The van der Waals surface area contributed by atoms with Gasteiger partial charge in [0.15, 0.2) is 0 Å². The highest BCUT2D eigenvalue weighted by molar-refractivity contribution is 5.73. The molecule has 3 nitrogen and oxygen atoms in total. The lowest BCUT2D eigenvalue weighted by Crippen LogP contribution is -2.30. The van der Waals surface area contributed by atoms with Gasteiger partial charge in [0, 0.05) is 32.0 Å². The van der Waals surface area contributed by atoms with E-state index in [-0.39, 0.29) is 17.9 Å². The van der Waals surface area contributed by atoms with Gasteiger partial charge in [0.2, 0.25) is 5.91 Å². The highest BCUT2D eigenvalue weighted by atomic mass is 16.2. The number of carbonyl (C=O) groups is 1. The highest BCUT2D eigenvalue weighted by Crippen LogP contribution is 2.26. The lowest BCUT2D eigenvalue weighted by Gasteiger charge is -2.14. The molecule has 1 aromatic rings. The Morgan fingerprint density at radius 3 is 2.53 bits per heavy atom. The first-order valence-electron chi connectivity index (χ1n) is 5.24. The number of rotatable bonds is 1. The topological polar surface area (TPSA) is 46.3 Å². The minimum atomic E-state index is 0.0660. The van der Waals surface area contributed by atoms with E-state index in [1.54, 1.807) is 6.92 Å². The number of nitrogens with two attached hydrogens (primary N) is 1. The van der Waals surface area contributed by atoms with E-state index in [2.05, 4.69) is 12.1 Å². The van der Waals surface area contributed by atoms with Crippen molar-refractivity contribution in [2.45, 2.75) is 18.9 Å². The third kappa shape index (κ3) is 2.02. The summed E-state index contributed by atoms with van der Waals surface area (Å²) in [6.07, 6.45) is 0. The number of carbonyl (C=O) groups excluding carboxylic acids is 1. The number of benzene rings is 1. The first-order valence-corrected chi connectivity index (χ1v) is 5.24. The summed E-state index contributed by atoms with van der Waals surface area (Å²) < 4.78 is 0. The smallest absolute Gasteiger partial charge is 0.219 e. The van der Waals surface area contributed by atoms with Crippen LogP contribution in [0.3, 0.4) is 0 Å². The van der Waals surface area contributed by atoms with Crippen molar-refractivity contribution in [1.29, 1.82) is 0 Å². The number of amides is 1. The van der Waals surface area contributed by atoms with Crippen molar-refractivity contribution in [2.24, 2.45) is 5.73 Å². The Hall–Kier alpha value is -1.35. The molecule has 0 aliphatic carbocycles. The first-order chi connectivity index (χ1) is 7.18. The molecule has 0 radical (unpaired) electrons. The third-order valence-corrected chi connectivity index (χ3v) is 3.04. The predicted molar refractivity (Wildman–Crippen MR) is 59.4 cm³/mol. The Morgan fingerprint density at radius 2 is 2.00 bits per heavy atom. The Labute approximate surface area is 89.9 Å². The molecule has 80 valence electrons. The van der Waals surface area contributed by atoms with Gasteiger partial charge in [-0.15, -0.1) is 0 Å². The summed E-state index contributed by atoms with van der Waals surface area (Å²) in [4.78, 5) is 13.1. The summed E-state index contributed by atoms with van der Waals surface area (Å²) in [5.74, 6) is 0.402. The molecule has 3 heteroatoms. The lowest BCUT2D eigenvalue weighted by atomic mass is 9.95. The van der Waals surface area contributed by atoms with Gasteiger partial charge in [-0.25, -0.2) is 0 Å². The van der Waals surface area contributed by atoms with Crippen LogP contribution < -0.4 is 5.73 Å². The van der Waals surface area contributed by atoms with E-state index >= 15 is 0 Å². The first kappa shape index (κ1) is 10.2. The van der Waals surface area contributed by atoms with Gasteiger partial charge in [-0.3, -0.25) is 4.79 Å². The van der Waals surface area contributed by atoms with Crippen LogP contribution in [0.4, 0.5) is 0 Å². The lowest BCUT2D eigenvalue weighted by molar-refractivity contribution is -0.127. The van der Waals surface area contributed by atoms with Gasteiger partial charge >= 0.3 is 0 Å². The van der Waals surface area contributed by atoms with Crippen molar-refractivity contribution >= 4 is 5.91 Å². The second-order valence-electron chi connectivity index (χ2n) is 4.11. The standard InChI is InChI=1S/C12H16N2O/c1-9(15)14-7-11(12(13)8-14)10-5-3-2-4-6-10/h2-6,11-12H,7-8,13H2,1H3. The number of likely N-dealkylation sites (tertiary alicyclic amines) is 1. The van der Waals surface area contributed by atoms with Gasteiger partial charge in [0.05, 0.1) is 0 Å². The second-order valence-corrected chi connectivity index (χ2v) is 4.11. The van der Waals surface area contributed by atoms with E-state index in [0.29, 0.717) is 6.54 Å². The fourth-order valence-corrected chi connectivity index (χ4v) is 2.14. The number of hydrogen-bond donors (Lipinski definition) is 1. The average Bonchev–Trinajstić information content (AvgIpc) is 2.62. The van der Waals surface area contributed by atoms with Gasteiger partial charge in [-0.05, 0) is 5.56 Å². The van der Waals surface area contributed by atoms with Gasteiger partial charge in [-0.1, -0.05) is 30.3 Å². The SMILES string of the molecule is CC(=O)N1CC(N)C(c2ccccc2)C1. The van der Waals surface area contributed by atoms with Crippen molar-refractivity contribution in [1.82, 2.24) is 4.90 Å². The average molecular weight is 204 g/mol. The Kier molecular flexibility index (Phi) is 2.73. The summed E-state index contributed by atoms with van der Waals surface area (Å²) in [5, 5.41) is 0. The Balaban J connectivity index is 2.15. The zero-order valence-corrected chi connectivity index (χ0v) is 8.89. The minimum Gasteiger partial charge on any atom is -0.341 e. The zero-order chi connectivity index (χ0) is 10.8. The summed E-state index contributed by atoms with van der Waals surface area (Å²) >= 11 is 0. The van der Waals surface area contributed by atoms with E-state index in [4.69, 9.17) is 5.73 Å². The largest absolute Gasteiger partial charge is 0.341 e. The molecule has 1 amide bonds. The van der Waals surface area contributed by atoms with Crippen molar-refractivity contribution in [3.63, 3.8) is 0 Å². The molecule has 2 N–H and O–H groups in total. The van der Waals surface area contributed by atoms with Gasteiger partial charge in [0.25, 0.3) is 0 Å². The quantitative estimate of drug-likeness (QED) is 0.740. The molecule has 1 aliphatic heterocycles. The summed E-state index contributed by atoms with van der Waals surface area (Å²) in [6.45, 7) is 3.02. The molecule has 1 fully saturated rings. The van der Waals surface area contributed by atoms with Crippen LogP contribution in [0.5, 0.6) is 0 Å². The molecule has 2 rings (SSSR count). The maximum absolute atomic E-state index is 11.2. The fourth-order valence-electron chi connectivity index (χ4n) is 2.14. The number of hydrogen-bond acceptors (Lipinski definition) is 2. The van der Waals surface area contributed by atoms with E-state index in [0.717, 1.165) is 6.54 Å². The predicted octanol–water partition coefficient (Wildman–Crippen LogP) is 0.960. The van der Waals surface area contributed by atoms with Gasteiger partial charge < -0.3 is 10.6 Å². The molecule has 2 atom stereocenters. The maximum atomic E-state index is 11.2. The van der Waals surface area contributed by atoms with E-state index in [1.165, 1.54) is 5.56 Å². The molecule has 1 saturated heterocycles. The molecule has 1 heterocycles. The van der Waals surface area contributed by atoms with Crippen LogP contribution in [0.15, 0.2) is 30.3 Å². The van der Waals surface area contributed by atoms with Crippen LogP contribution >= 0.6 is 0 Å². The Bertz CT molecular complexity index is 350. The maximum Gasteiger partial charge on any atom is 0.219 e. The molecule has 15 heavy (non-hydrogen) atoms. The van der Waals surface area contributed by atoms with Gasteiger partial charge in [0.1, 0.15) is 0 Å². The van der Waals surface area contributed by atoms with Crippen molar-refractivity contribution < 1.29 is 4.79 Å². The monoisotopic (exact) mass is 204 g/mol. The Morgan fingerprint density at radius 1 is 1.33 bits per heavy atom. The normalized spacial score (nSPS) is 25.6. The van der Waals surface area contributed by atoms with Crippen molar-refractivity contribution in [3.8, 4) is 0 Å². The van der Waals surface area contributed by atoms with E-state index < -0.39 is 0 Å². The van der Waals surface area contributed by atoms with Crippen LogP contribution in [0.25, 0.3) is 0 Å². The van der Waals surface area contributed by atoms with Crippen molar-refractivity contribution in [3.05, 3.63) is 35.9 Å². The molecular weight excluding hydrogens is 188 g/mol. The van der Waals surface area contributed by atoms with Crippen LogP contribution in [0, 0.1) is 0 Å². The molecular formula is C12H16N2O. The van der Waals surface area contributed by atoms with E-state index in [9.17, 15) is 4.79 Å². The van der Waals surface area contributed by atoms with Crippen LogP contribution in [-0.4, -0.2) is 29.9 Å². The second kappa shape index (κ2) is 4.03. The summed E-state index contributed by atoms with van der Waals surface area (Å²) in [6, 6.07) is 10.2. The van der Waals surface area contributed by atoms with Gasteiger partial charge in [-0.2, -0.15) is 0 Å². The molecule has 0 bridgehead atoms. The van der Waals surface area contributed by atoms with E-state index in [1.807, 2.05) is 23.1 Å². The molecule has 2 unspecified atom stereocenters. The molecule has 0 aromatic heterocycles. The third-order valence-electron chi connectivity index (χ3n) is 3.04. The molecule has 1 aliphatic rings. The molecule has 0 saturated carbocycles.